The highest BCUT2D eigenvalue weighted by atomic mass is 35.5. The van der Waals surface area contributed by atoms with Gasteiger partial charge in [-0.25, -0.2) is 13.8 Å². The molecular formula is C13H9Cl2F3N3O3-. The Kier molecular flexibility index (Phi) is 5.24. The van der Waals surface area contributed by atoms with Crippen molar-refractivity contribution in [1.82, 2.24) is 14.3 Å². The first-order valence-corrected chi connectivity index (χ1v) is 7.24. The number of aliphatic carboxylic acids is 1. The van der Waals surface area contributed by atoms with Crippen LogP contribution in [0.1, 0.15) is 17.9 Å². The van der Waals surface area contributed by atoms with Crippen LogP contribution in [0, 0.1) is 12.7 Å². The Morgan fingerprint density at radius 3 is 2.54 bits per heavy atom. The van der Waals surface area contributed by atoms with Gasteiger partial charge in [0.25, 0.3) is 0 Å². The molecule has 2 rings (SSSR count). The van der Waals surface area contributed by atoms with Crippen molar-refractivity contribution in [3.63, 3.8) is 0 Å². The molecule has 6 nitrogen and oxygen atoms in total. The van der Waals surface area contributed by atoms with E-state index in [1.54, 1.807) is 0 Å². The minimum Gasteiger partial charge on any atom is -0.549 e. The van der Waals surface area contributed by atoms with Crippen molar-refractivity contribution < 1.29 is 23.1 Å². The summed E-state index contributed by atoms with van der Waals surface area (Å²) >= 11 is 11.4. The highest BCUT2D eigenvalue weighted by Crippen LogP contribution is 2.25. The van der Waals surface area contributed by atoms with E-state index in [0.717, 1.165) is 19.1 Å². The van der Waals surface area contributed by atoms with Crippen LogP contribution in [0.5, 0.6) is 0 Å². The molecule has 1 atom stereocenters. The summed E-state index contributed by atoms with van der Waals surface area (Å²) in [5.74, 6) is -2.88. The largest absolute Gasteiger partial charge is 0.549 e. The number of benzene rings is 1. The molecule has 11 heteroatoms. The van der Waals surface area contributed by atoms with Crippen LogP contribution in [0.2, 0.25) is 5.02 Å². The van der Waals surface area contributed by atoms with Crippen molar-refractivity contribution in [2.24, 2.45) is 0 Å². The second kappa shape index (κ2) is 6.86. The lowest BCUT2D eigenvalue weighted by molar-refractivity contribution is -0.305. The number of carbonyl (C=O) groups is 1. The van der Waals surface area contributed by atoms with Gasteiger partial charge in [-0.05, 0) is 31.0 Å². The molecule has 0 saturated carbocycles. The summed E-state index contributed by atoms with van der Waals surface area (Å²) in [4.78, 5) is 22.7. The molecule has 0 aliphatic heterocycles. The normalized spacial score (nSPS) is 12.6. The maximum Gasteiger partial charge on any atom is 0.355 e. The fourth-order valence-corrected chi connectivity index (χ4v) is 2.43. The molecular weight excluding hydrogens is 374 g/mol. The first kappa shape index (κ1) is 18.3. The maximum atomic E-state index is 14.1. The van der Waals surface area contributed by atoms with Crippen LogP contribution in [0.4, 0.5) is 13.2 Å². The fourth-order valence-electron chi connectivity index (χ4n) is 2.03. The summed E-state index contributed by atoms with van der Waals surface area (Å²) in [6.07, 6.45) is -0.320. The van der Waals surface area contributed by atoms with Gasteiger partial charge < -0.3 is 9.90 Å². The standard InChI is InChI=1S/C13H10Cl2F3N3O3/c1-5-19-21(13(24)20(5)12(17)18)10-3-6(2-8(15)11(22)23)7(14)4-9(10)16/h3-4,8,12H,2H2,1H3,(H,22,23)/p-1. The molecule has 24 heavy (non-hydrogen) atoms. The van der Waals surface area contributed by atoms with Gasteiger partial charge in [0.1, 0.15) is 11.5 Å². The Balaban J connectivity index is 2.58. The van der Waals surface area contributed by atoms with Gasteiger partial charge in [-0.3, -0.25) is 0 Å². The first-order valence-electron chi connectivity index (χ1n) is 6.43. The minimum absolute atomic E-state index is 0.0826. The molecule has 0 saturated heterocycles. The Labute approximate surface area is 143 Å². The number of nitrogens with zero attached hydrogens (tertiary/aromatic N) is 3. The number of rotatable bonds is 5. The van der Waals surface area contributed by atoms with E-state index in [2.05, 4.69) is 5.10 Å². The molecule has 0 N–H and O–H groups in total. The summed E-state index contributed by atoms with van der Waals surface area (Å²) in [5.41, 5.74) is -1.62. The van der Waals surface area contributed by atoms with Gasteiger partial charge in [-0.2, -0.15) is 13.5 Å². The van der Waals surface area contributed by atoms with E-state index in [1.807, 2.05) is 0 Å². The van der Waals surface area contributed by atoms with Gasteiger partial charge >= 0.3 is 12.2 Å². The molecule has 1 unspecified atom stereocenters. The average molecular weight is 383 g/mol. The van der Waals surface area contributed by atoms with E-state index in [9.17, 15) is 27.9 Å². The van der Waals surface area contributed by atoms with Crippen LogP contribution < -0.4 is 10.8 Å². The van der Waals surface area contributed by atoms with Crippen LogP contribution >= 0.6 is 23.2 Å². The van der Waals surface area contributed by atoms with Gasteiger partial charge in [0.15, 0.2) is 5.82 Å². The number of halogens is 5. The second-order valence-electron chi connectivity index (χ2n) is 4.77. The quantitative estimate of drug-likeness (QED) is 0.732. The number of alkyl halides is 3. The number of hydrogen-bond donors (Lipinski definition) is 0. The lowest BCUT2D eigenvalue weighted by Crippen LogP contribution is -2.33. The summed E-state index contributed by atoms with van der Waals surface area (Å²) < 4.78 is 40.3. The van der Waals surface area contributed by atoms with Gasteiger partial charge in [0.05, 0.1) is 11.3 Å². The van der Waals surface area contributed by atoms with E-state index < -0.39 is 35.1 Å². The smallest absolute Gasteiger partial charge is 0.355 e. The average Bonchev–Trinajstić information content (AvgIpc) is 2.76. The predicted octanol–water partition coefficient (Wildman–Crippen LogP) is 1.43. The Hall–Kier alpha value is -2.00. The highest BCUT2D eigenvalue weighted by Gasteiger charge is 2.21. The number of carboxylic acid groups (broad SMARTS) is 1. The Morgan fingerprint density at radius 1 is 1.42 bits per heavy atom. The molecule has 1 aromatic heterocycles. The zero-order chi connectivity index (χ0) is 18.2. The Bertz CT molecular complexity index is 851. The topological polar surface area (TPSA) is 80.0 Å². The number of carboxylic acids is 1. The van der Waals surface area contributed by atoms with Crippen molar-refractivity contribution in [1.29, 1.82) is 0 Å². The number of aromatic nitrogens is 3. The van der Waals surface area contributed by atoms with Crippen molar-refractivity contribution >= 4 is 29.2 Å². The third kappa shape index (κ3) is 3.41. The maximum absolute atomic E-state index is 14.1. The summed E-state index contributed by atoms with van der Waals surface area (Å²) in [5, 5.41) is 12.7. The Morgan fingerprint density at radius 2 is 2.04 bits per heavy atom. The number of aryl methyl sites for hydroxylation is 1. The highest BCUT2D eigenvalue weighted by molar-refractivity contribution is 6.32. The third-order valence-electron chi connectivity index (χ3n) is 3.17. The van der Waals surface area contributed by atoms with Gasteiger partial charge in [0.2, 0.25) is 0 Å². The summed E-state index contributed by atoms with van der Waals surface area (Å²) in [7, 11) is 0. The van der Waals surface area contributed by atoms with Gasteiger partial charge in [0, 0.05) is 5.02 Å². The summed E-state index contributed by atoms with van der Waals surface area (Å²) in [6.45, 7) is -1.99. The van der Waals surface area contributed by atoms with E-state index in [-0.39, 0.29) is 27.4 Å². The van der Waals surface area contributed by atoms with Crippen LogP contribution in [0.25, 0.3) is 5.69 Å². The van der Waals surface area contributed by atoms with E-state index in [4.69, 9.17) is 23.2 Å². The van der Waals surface area contributed by atoms with Crippen molar-refractivity contribution in [2.75, 3.05) is 0 Å². The predicted molar refractivity (Wildman–Crippen MR) is 77.1 cm³/mol. The van der Waals surface area contributed by atoms with Crippen molar-refractivity contribution in [3.8, 4) is 5.69 Å². The molecule has 0 amide bonds. The molecule has 1 aromatic carbocycles. The van der Waals surface area contributed by atoms with Crippen molar-refractivity contribution in [3.05, 3.63) is 44.8 Å². The first-order chi connectivity index (χ1) is 11.1. The SMILES string of the molecule is Cc1nn(-c2cc(CC(Cl)C(=O)[O-])c(Cl)cc2F)c(=O)n1C(F)F. The molecule has 0 spiro atoms. The zero-order valence-corrected chi connectivity index (χ0v) is 13.5. The monoisotopic (exact) mass is 382 g/mol. The lowest BCUT2D eigenvalue weighted by Gasteiger charge is -2.13. The van der Waals surface area contributed by atoms with Gasteiger partial charge in [-0.15, -0.1) is 16.7 Å². The van der Waals surface area contributed by atoms with Crippen LogP contribution in [0.3, 0.4) is 0 Å². The van der Waals surface area contributed by atoms with Crippen LogP contribution in [-0.4, -0.2) is 25.7 Å². The van der Waals surface area contributed by atoms with Crippen LogP contribution in [-0.2, 0) is 11.2 Å². The molecule has 0 fully saturated rings. The molecule has 0 radical (unpaired) electrons. The molecule has 130 valence electrons. The summed E-state index contributed by atoms with van der Waals surface area (Å²) in [6, 6.07) is 1.84. The molecule has 0 aliphatic rings. The molecule has 2 aromatic rings. The molecule has 0 bridgehead atoms. The fraction of sp³-hybridized carbons (Fsp3) is 0.308. The van der Waals surface area contributed by atoms with Crippen LogP contribution in [0.15, 0.2) is 16.9 Å². The zero-order valence-electron chi connectivity index (χ0n) is 12.0. The van der Waals surface area contributed by atoms with E-state index in [0.29, 0.717) is 4.68 Å². The number of hydrogen-bond acceptors (Lipinski definition) is 4. The third-order valence-corrected chi connectivity index (χ3v) is 3.86. The number of carbonyl (C=O) groups excluding carboxylic acids is 1. The molecule has 1 heterocycles. The lowest BCUT2D eigenvalue weighted by atomic mass is 10.1. The second-order valence-corrected chi connectivity index (χ2v) is 5.71. The van der Waals surface area contributed by atoms with E-state index >= 15 is 0 Å². The molecule has 0 aliphatic carbocycles. The van der Waals surface area contributed by atoms with E-state index in [1.165, 1.54) is 0 Å². The minimum atomic E-state index is -3.15. The van der Waals surface area contributed by atoms with Gasteiger partial charge in [-0.1, -0.05) is 11.6 Å². The van der Waals surface area contributed by atoms with Crippen molar-refractivity contribution in [2.45, 2.75) is 25.3 Å².